The number of hydrogen-bond donors (Lipinski definition) is 0. The lowest BCUT2D eigenvalue weighted by Gasteiger charge is -2.58. The first kappa shape index (κ1) is 8.43. The summed E-state index contributed by atoms with van der Waals surface area (Å²) in [5.74, 6) is 0.963. The van der Waals surface area contributed by atoms with Crippen molar-refractivity contribution in [2.75, 3.05) is 20.6 Å². The molecule has 3 aliphatic rings. The van der Waals surface area contributed by atoms with Gasteiger partial charge in [0.2, 0.25) is 0 Å². The van der Waals surface area contributed by atoms with Crippen LogP contribution >= 0.6 is 0 Å². The number of ether oxygens (including phenoxy) is 1. The van der Waals surface area contributed by atoms with Crippen LogP contribution in [0.3, 0.4) is 0 Å². The molecule has 1 unspecified atom stereocenters. The number of likely N-dealkylation sites (tertiary alicyclic amines) is 1. The summed E-state index contributed by atoms with van der Waals surface area (Å²) in [5, 5.41) is 0. The third-order valence-electron chi connectivity index (χ3n) is 5.94. The van der Waals surface area contributed by atoms with E-state index in [-0.39, 0.29) is 11.5 Å². The van der Waals surface area contributed by atoms with Gasteiger partial charge in [-0.2, -0.15) is 0 Å². The van der Waals surface area contributed by atoms with Crippen LogP contribution in [0.25, 0.3) is 0 Å². The second kappa shape index (κ2) is 4.49. The fourth-order valence-electron chi connectivity index (χ4n) is 5.06. The Bertz CT molecular complexity index is 661. The van der Waals surface area contributed by atoms with Gasteiger partial charge >= 0.3 is 0 Å². The smallest absolute Gasteiger partial charge is 0.119 e. The fraction of sp³-hybridized carbons (Fsp3) is 0.667. The van der Waals surface area contributed by atoms with Crippen molar-refractivity contribution in [1.29, 1.82) is 0 Å². The Morgan fingerprint density at radius 2 is 2.35 bits per heavy atom. The Morgan fingerprint density at radius 1 is 1.35 bits per heavy atom. The van der Waals surface area contributed by atoms with E-state index in [9.17, 15) is 0 Å². The third kappa shape index (κ3) is 1.60. The normalized spacial score (nSPS) is 40.5. The molecule has 0 aromatic heterocycles. The van der Waals surface area contributed by atoms with E-state index in [1.165, 1.54) is 24.0 Å². The van der Waals surface area contributed by atoms with E-state index in [1.807, 2.05) is 18.2 Å². The van der Waals surface area contributed by atoms with Gasteiger partial charge in [-0.1, -0.05) is 18.9 Å². The molecule has 2 bridgehead atoms. The van der Waals surface area contributed by atoms with Gasteiger partial charge in [-0.3, -0.25) is 0 Å². The molecular weight excluding hydrogens is 246 g/mol. The fourth-order valence-corrected chi connectivity index (χ4v) is 5.06. The average Bonchev–Trinajstić information content (AvgIpc) is 2.54. The van der Waals surface area contributed by atoms with Crippen LogP contribution in [0, 0.1) is 5.92 Å². The van der Waals surface area contributed by atoms with E-state index in [0.29, 0.717) is 18.2 Å². The second-order valence-corrected chi connectivity index (χ2v) is 6.66. The van der Waals surface area contributed by atoms with E-state index in [1.54, 1.807) is 4.90 Å². The number of piperidine rings is 1. The summed E-state index contributed by atoms with van der Waals surface area (Å²) in [6.45, 7) is -1.42. The zero-order valence-corrected chi connectivity index (χ0v) is 11.8. The molecule has 0 N–H and O–H groups in total. The van der Waals surface area contributed by atoms with Crippen molar-refractivity contribution in [2.45, 2.75) is 50.0 Å². The Kier molecular flexibility index (Phi) is 1.89. The maximum absolute atomic E-state index is 7.95. The minimum absolute atomic E-state index is 0.0389. The zero-order chi connectivity index (χ0) is 17.8. The quantitative estimate of drug-likeness (QED) is 0.779. The minimum atomic E-state index is -2.03. The number of rotatable bonds is 1. The van der Waals surface area contributed by atoms with Crippen LogP contribution in [0.15, 0.2) is 18.2 Å². The highest BCUT2D eigenvalue weighted by molar-refractivity contribution is 5.45. The van der Waals surface area contributed by atoms with Gasteiger partial charge in [0, 0.05) is 15.6 Å². The number of likely N-dealkylation sites (N-methyl/N-ethyl adjacent to an activating group) is 1. The lowest BCUT2D eigenvalue weighted by Crippen LogP contribution is -2.59. The predicted molar refractivity (Wildman–Crippen MR) is 81.4 cm³/mol. The highest BCUT2D eigenvalue weighted by Gasteiger charge is 2.53. The van der Waals surface area contributed by atoms with Gasteiger partial charge in [0.1, 0.15) is 5.75 Å². The molecule has 1 aromatic carbocycles. The van der Waals surface area contributed by atoms with Crippen molar-refractivity contribution in [3.8, 4) is 5.75 Å². The van der Waals surface area contributed by atoms with Crippen molar-refractivity contribution in [3.63, 3.8) is 0 Å². The molecule has 1 saturated carbocycles. The summed E-state index contributed by atoms with van der Waals surface area (Å²) in [7, 11) is -1.33. The standard InChI is InChI=1S/C18H25NO/c1-19-10-9-18-8-4-3-5-15(18)17(19)11-13-6-7-14(20-2)12-16(13)18/h6-7,12,15,17H,3-5,8-11H2,1-2H3/t15?,17-,18-/m0/s1/i1D3,2D2. The summed E-state index contributed by atoms with van der Waals surface area (Å²) in [6, 6.07) is 5.96. The number of nitrogens with zero attached hydrogens (tertiary/aromatic N) is 1. The maximum atomic E-state index is 7.95. The van der Waals surface area contributed by atoms with Crippen molar-refractivity contribution in [3.05, 3.63) is 29.3 Å². The molecule has 0 radical (unpaired) electrons. The molecule has 3 atom stereocenters. The largest absolute Gasteiger partial charge is 0.497 e. The second-order valence-electron chi connectivity index (χ2n) is 6.66. The van der Waals surface area contributed by atoms with Crippen LogP contribution in [-0.2, 0) is 11.8 Å². The first-order valence-corrected chi connectivity index (χ1v) is 7.73. The first-order chi connectivity index (χ1) is 11.8. The van der Waals surface area contributed by atoms with Crippen LogP contribution in [0.2, 0.25) is 0 Å². The molecule has 0 amide bonds. The van der Waals surface area contributed by atoms with Crippen LogP contribution < -0.4 is 4.74 Å². The van der Waals surface area contributed by atoms with E-state index in [2.05, 4.69) is 0 Å². The molecule has 2 aliphatic carbocycles. The molecule has 1 aromatic rings. The van der Waals surface area contributed by atoms with Crippen molar-refractivity contribution in [2.24, 2.45) is 5.92 Å². The van der Waals surface area contributed by atoms with Crippen LogP contribution in [-0.4, -0.2) is 31.5 Å². The topological polar surface area (TPSA) is 12.5 Å². The van der Waals surface area contributed by atoms with Gasteiger partial charge in [-0.05, 0) is 68.4 Å². The van der Waals surface area contributed by atoms with Crippen LogP contribution in [0.5, 0.6) is 5.75 Å². The number of fused-ring (bicyclic) bond motifs is 1. The Morgan fingerprint density at radius 3 is 3.25 bits per heavy atom. The predicted octanol–water partition coefficient (Wildman–Crippen LogP) is 3.38. The number of hydrogen-bond acceptors (Lipinski definition) is 2. The van der Waals surface area contributed by atoms with Crippen molar-refractivity contribution < 1.29 is 11.6 Å². The molecule has 20 heavy (non-hydrogen) atoms. The van der Waals surface area contributed by atoms with Crippen molar-refractivity contribution >= 4 is 0 Å². The van der Waals surface area contributed by atoms with Crippen LogP contribution in [0.1, 0.15) is 50.1 Å². The summed E-state index contributed by atoms with van der Waals surface area (Å²) in [5.41, 5.74) is 2.55. The SMILES string of the molecule is [2H]C([2H])Oc1ccc2c(c1)[C@]13CCCCC1[C@H](C2)N(C([2H])([2H])[2H])CC3. The van der Waals surface area contributed by atoms with E-state index >= 15 is 0 Å². The molecule has 0 spiro atoms. The minimum Gasteiger partial charge on any atom is -0.497 e. The average molecular weight is 276 g/mol. The van der Waals surface area contributed by atoms with Gasteiger partial charge in [-0.15, -0.1) is 0 Å². The third-order valence-corrected chi connectivity index (χ3v) is 5.94. The Labute approximate surface area is 129 Å². The lowest BCUT2D eigenvalue weighted by atomic mass is 9.52. The van der Waals surface area contributed by atoms with Crippen molar-refractivity contribution in [1.82, 2.24) is 4.90 Å². The number of benzene rings is 1. The summed E-state index contributed by atoms with van der Waals surface area (Å²) in [6.07, 6.45) is 6.18. The van der Waals surface area contributed by atoms with Gasteiger partial charge in [-0.25, -0.2) is 0 Å². The van der Waals surface area contributed by atoms with Gasteiger partial charge in [0.05, 0.1) is 9.80 Å². The maximum Gasteiger partial charge on any atom is 0.119 e. The lowest BCUT2D eigenvalue weighted by molar-refractivity contribution is 0.00274. The van der Waals surface area contributed by atoms with Gasteiger partial charge in [0.25, 0.3) is 0 Å². The number of methoxy groups -OCH3 is 1. The summed E-state index contributed by atoms with van der Waals surface area (Å²) < 4.78 is 43.8. The molecule has 1 aliphatic heterocycles. The molecule has 4 rings (SSSR count). The van der Waals surface area contributed by atoms with Crippen LogP contribution in [0.4, 0.5) is 0 Å². The molecular formula is C18H25NO. The summed E-state index contributed by atoms with van der Waals surface area (Å²) >= 11 is 0. The molecule has 1 heterocycles. The van der Waals surface area contributed by atoms with E-state index in [4.69, 9.17) is 11.6 Å². The molecule has 2 nitrogen and oxygen atoms in total. The molecule has 1 saturated heterocycles. The van der Waals surface area contributed by atoms with Gasteiger partial charge in [0.15, 0.2) is 0 Å². The van der Waals surface area contributed by atoms with E-state index in [0.717, 1.165) is 25.7 Å². The first-order valence-electron chi connectivity index (χ1n) is 10.4. The van der Waals surface area contributed by atoms with Gasteiger partial charge < -0.3 is 9.64 Å². The van der Waals surface area contributed by atoms with E-state index < -0.39 is 14.0 Å². The molecule has 2 fully saturated rings. The molecule has 108 valence electrons. The highest BCUT2D eigenvalue weighted by Crippen LogP contribution is 2.55. The Hall–Kier alpha value is -1.02. The summed E-state index contributed by atoms with van der Waals surface area (Å²) in [4.78, 5) is 1.76. The monoisotopic (exact) mass is 276 g/mol. The molecule has 2 heteroatoms. The highest BCUT2D eigenvalue weighted by atomic mass is 16.5. The zero-order valence-electron chi connectivity index (χ0n) is 16.8. The Balaban J connectivity index is 1.79.